The third-order valence-corrected chi connectivity index (χ3v) is 6.46. The summed E-state index contributed by atoms with van der Waals surface area (Å²) in [5.41, 5.74) is 3.13. The summed E-state index contributed by atoms with van der Waals surface area (Å²) in [6, 6.07) is 16.2. The summed E-state index contributed by atoms with van der Waals surface area (Å²) in [6.07, 6.45) is 3.40. The monoisotopic (exact) mass is 408 g/mol. The molecule has 0 unspecified atom stereocenters. The Bertz CT molecular complexity index is 1040. The molecular formula is C21H20N4OS2. The molecule has 0 aliphatic rings. The Balaban J connectivity index is 1.30. The molecule has 5 nitrogen and oxygen atoms in total. The minimum atomic E-state index is 0.0230. The predicted octanol–water partition coefficient (Wildman–Crippen LogP) is 4.97. The van der Waals surface area contributed by atoms with Crippen LogP contribution in [0.2, 0.25) is 0 Å². The van der Waals surface area contributed by atoms with Gasteiger partial charge >= 0.3 is 0 Å². The third kappa shape index (κ3) is 4.21. The van der Waals surface area contributed by atoms with Gasteiger partial charge in [0.2, 0.25) is 0 Å². The van der Waals surface area contributed by atoms with E-state index in [1.807, 2.05) is 54.9 Å². The summed E-state index contributed by atoms with van der Waals surface area (Å²) < 4.78 is 0. The molecule has 0 aliphatic carbocycles. The minimum absolute atomic E-state index is 0.0230. The number of thiophene rings is 1. The lowest BCUT2D eigenvalue weighted by molar-refractivity contribution is 0.0798. The highest BCUT2D eigenvalue weighted by Crippen LogP contribution is 2.29. The first-order valence-corrected chi connectivity index (χ1v) is 10.8. The molecule has 1 amide bonds. The normalized spacial score (nSPS) is 10.9. The van der Waals surface area contributed by atoms with Gasteiger partial charge in [0, 0.05) is 24.8 Å². The first-order chi connectivity index (χ1) is 13.7. The molecule has 3 aromatic heterocycles. The number of nitrogens with one attached hydrogen (secondary N) is 1. The van der Waals surface area contributed by atoms with E-state index in [1.54, 1.807) is 22.4 Å². The van der Waals surface area contributed by atoms with Gasteiger partial charge in [-0.25, -0.2) is 4.98 Å². The Morgan fingerprint density at radius 1 is 1.18 bits per heavy atom. The number of aromatic amines is 1. The van der Waals surface area contributed by atoms with Crippen molar-refractivity contribution in [3.05, 3.63) is 70.7 Å². The smallest absolute Gasteiger partial charge is 0.265 e. The second-order valence-electron chi connectivity index (χ2n) is 6.48. The Morgan fingerprint density at radius 2 is 2.04 bits per heavy atom. The van der Waals surface area contributed by atoms with Crippen molar-refractivity contribution < 1.29 is 4.79 Å². The van der Waals surface area contributed by atoms with Crippen LogP contribution in [0.25, 0.3) is 21.1 Å². The van der Waals surface area contributed by atoms with Gasteiger partial charge in [-0.15, -0.1) is 22.7 Å². The minimum Gasteiger partial charge on any atom is -0.341 e. The molecule has 0 bridgehead atoms. The number of aryl methyl sites for hydroxylation is 1. The highest BCUT2D eigenvalue weighted by Gasteiger charge is 2.16. The Kier molecular flexibility index (Phi) is 5.64. The van der Waals surface area contributed by atoms with Gasteiger partial charge in [0.05, 0.1) is 16.8 Å². The molecule has 0 spiro atoms. The zero-order valence-corrected chi connectivity index (χ0v) is 17.1. The Labute approximate surface area is 171 Å². The van der Waals surface area contributed by atoms with Crippen molar-refractivity contribution in [3.8, 4) is 21.1 Å². The number of hydrogen-bond acceptors (Lipinski definition) is 5. The molecule has 28 heavy (non-hydrogen) atoms. The van der Waals surface area contributed by atoms with Crippen molar-refractivity contribution in [1.29, 1.82) is 0 Å². The van der Waals surface area contributed by atoms with E-state index in [0.717, 1.165) is 39.7 Å². The van der Waals surface area contributed by atoms with E-state index in [9.17, 15) is 4.79 Å². The zero-order valence-electron chi connectivity index (χ0n) is 15.5. The topological polar surface area (TPSA) is 61.9 Å². The first kappa shape index (κ1) is 18.6. The first-order valence-electron chi connectivity index (χ1n) is 9.05. The lowest BCUT2D eigenvalue weighted by Crippen LogP contribution is -2.27. The number of aromatic nitrogens is 3. The fourth-order valence-electron chi connectivity index (χ4n) is 2.93. The standard InChI is InChI=1S/C21H20N4OS2/c1-25(21(26)19-14-22-20(28-19)18-10-6-12-27-18)11-5-9-16-13-17(24-23-16)15-7-3-2-4-8-15/h2-4,6-8,10,12-14H,5,9,11H2,1H3,(H,23,24). The van der Waals surface area contributed by atoms with E-state index in [0.29, 0.717) is 11.4 Å². The van der Waals surface area contributed by atoms with Crippen LogP contribution in [0.3, 0.4) is 0 Å². The fourth-order valence-corrected chi connectivity index (χ4v) is 4.64. The van der Waals surface area contributed by atoms with Gasteiger partial charge in [0.15, 0.2) is 0 Å². The quantitative estimate of drug-likeness (QED) is 0.470. The van der Waals surface area contributed by atoms with E-state index in [2.05, 4.69) is 21.2 Å². The second kappa shape index (κ2) is 8.50. The molecule has 3 heterocycles. The largest absolute Gasteiger partial charge is 0.341 e. The summed E-state index contributed by atoms with van der Waals surface area (Å²) in [5, 5.41) is 10.4. The number of amides is 1. The maximum absolute atomic E-state index is 12.6. The van der Waals surface area contributed by atoms with Crippen molar-refractivity contribution in [2.75, 3.05) is 13.6 Å². The average molecular weight is 409 g/mol. The SMILES string of the molecule is CN(CCCc1cc(-c2ccccc2)n[nH]1)C(=O)c1cnc(-c2cccs2)s1. The average Bonchev–Trinajstić information content (AvgIpc) is 3.49. The molecule has 1 N–H and O–H groups in total. The van der Waals surface area contributed by atoms with Crippen LogP contribution in [0.15, 0.2) is 60.1 Å². The van der Waals surface area contributed by atoms with Crippen molar-refractivity contribution >= 4 is 28.6 Å². The van der Waals surface area contributed by atoms with Crippen LogP contribution >= 0.6 is 22.7 Å². The van der Waals surface area contributed by atoms with Gasteiger partial charge in [-0.2, -0.15) is 5.10 Å². The molecule has 0 aliphatic heterocycles. The molecule has 7 heteroatoms. The lowest BCUT2D eigenvalue weighted by Gasteiger charge is -2.15. The number of thiazole rings is 1. The molecule has 142 valence electrons. The number of hydrogen-bond donors (Lipinski definition) is 1. The number of carbonyl (C=O) groups is 1. The van der Waals surface area contributed by atoms with Crippen LogP contribution in [0.1, 0.15) is 21.8 Å². The molecule has 1 aromatic carbocycles. The van der Waals surface area contributed by atoms with Crippen molar-refractivity contribution in [3.63, 3.8) is 0 Å². The molecule has 0 saturated carbocycles. The van der Waals surface area contributed by atoms with Gasteiger partial charge in [0.1, 0.15) is 9.88 Å². The van der Waals surface area contributed by atoms with Gasteiger partial charge in [-0.05, 0) is 30.4 Å². The van der Waals surface area contributed by atoms with E-state index in [4.69, 9.17) is 0 Å². The lowest BCUT2D eigenvalue weighted by atomic mass is 10.1. The van der Waals surface area contributed by atoms with Crippen molar-refractivity contribution in [1.82, 2.24) is 20.1 Å². The third-order valence-electron chi connectivity index (χ3n) is 4.44. The molecule has 0 radical (unpaired) electrons. The van der Waals surface area contributed by atoms with E-state index >= 15 is 0 Å². The fraction of sp³-hybridized carbons (Fsp3) is 0.190. The predicted molar refractivity (Wildman–Crippen MR) is 115 cm³/mol. The number of benzene rings is 1. The Morgan fingerprint density at radius 3 is 2.82 bits per heavy atom. The molecule has 0 saturated heterocycles. The van der Waals surface area contributed by atoms with E-state index in [-0.39, 0.29) is 5.91 Å². The summed E-state index contributed by atoms with van der Waals surface area (Å²) in [6.45, 7) is 0.685. The molecular weight excluding hydrogens is 388 g/mol. The molecule has 0 atom stereocenters. The highest BCUT2D eigenvalue weighted by molar-refractivity contribution is 7.21. The summed E-state index contributed by atoms with van der Waals surface area (Å²) >= 11 is 3.08. The van der Waals surface area contributed by atoms with Crippen LogP contribution < -0.4 is 0 Å². The van der Waals surface area contributed by atoms with Crippen LogP contribution in [-0.2, 0) is 6.42 Å². The highest BCUT2D eigenvalue weighted by atomic mass is 32.1. The van der Waals surface area contributed by atoms with E-state index in [1.165, 1.54) is 11.3 Å². The van der Waals surface area contributed by atoms with Crippen LogP contribution in [0, 0.1) is 0 Å². The van der Waals surface area contributed by atoms with Crippen molar-refractivity contribution in [2.45, 2.75) is 12.8 Å². The van der Waals surface area contributed by atoms with Crippen LogP contribution in [0.4, 0.5) is 0 Å². The van der Waals surface area contributed by atoms with Crippen LogP contribution in [-0.4, -0.2) is 39.6 Å². The van der Waals surface area contributed by atoms with Gasteiger partial charge in [-0.1, -0.05) is 36.4 Å². The van der Waals surface area contributed by atoms with Gasteiger partial charge in [-0.3, -0.25) is 9.89 Å². The summed E-state index contributed by atoms with van der Waals surface area (Å²) in [5.74, 6) is 0.0230. The Hall–Kier alpha value is -2.77. The molecule has 4 rings (SSSR count). The number of rotatable bonds is 7. The second-order valence-corrected chi connectivity index (χ2v) is 8.46. The van der Waals surface area contributed by atoms with Gasteiger partial charge < -0.3 is 4.90 Å². The maximum atomic E-state index is 12.6. The number of carbonyl (C=O) groups excluding carboxylic acids is 1. The summed E-state index contributed by atoms with van der Waals surface area (Å²) in [7, 11) is 1.84. The summed E-state index contributed by atoms with van der Waals surface area (Å²) in [4.78, 5) is 20.6. The van der Waals surface area contributed by atoms with Crippen LogP contribution in [0.5, 0.6) is 0 Å². The number of H-pyrrole nitrogens is 1. The van der Waals surface area contributed by atoms with Crippen molar-refractivity contribution in [2.24, 2.45) is 0 Å². The molecule has 0 fully saturated rings. The van der Waals surface area contributed by atoms with Gasteiger partial charge in [0.25, 0.3) is 5.91 Å². The van der Waals surface area contributed by atoms with E-state index < -0.39 is 0 Å². The zero-order chi connectivity index (χ0) is 19.3. The maximum Gasteiger partial charge on any atom is 0.265 e. The molecule has 4 aromatic rings. The number of nitrogens with zero attached hydrogens (tertiary/aromatic N) is 3.